The topological polar surface area (TPSA) is 75.6 Å². The fraction of sp³-hybridized carbons (Fsp3) is 0.375. The van der Waals surface area contributed by atoms with Crippen molar-refractivity contribution in [1.29, 1.82) is 0 Å². The molecule has 0 radical (unpaired) electrons. The summed E-state index contributed by atoms with van der Waals surface area (Å²) in [5.74, 6) is -1.08. The standard InChI is InChI=1S/C16H19NO4S2/c1-16(2,3)21-15(20)17-11(14(18)19)9-10-6-7-13(23-10)12-5-4-8-22-12/h4-8,11H,9H2,1-3H3,(H,17,20)(H,18,19). The van der Waals surface area contributed by atoms with E-state index in [9.17, 15) is 14.7 Å². The Morgan fingerprint density at radius 1 is 1.26 bits per heavy atom. The number of amides is 1. The van der Waals surface area contributed by atoms with E-state index in [1.165, 1.54) is 11.3 Å². The number of carbonyl (C=O) groups is 2. The smallest absolute Gasteiger partial charge is 0.408 e. The van der Waals surface area contributed by atoms with Gasteiger partial charge >= 0.3 is 12.1 Å². The molecule has 1 unspecified atom stereocenters. The lowest BCUT2D eigenvalue weighted by Crippen LogP contribution is -2.44. The van der Waals surface area contributed by atoms with Crippen LogP contribution in [0.5, 0.6) is 0 Å². The molecular weight excluding hydrogens is 334 g/mol. The van der Waals surface area contributed by atoms with Crippen molar-refractivity contribution in [3.63, 3.8) is 0 Å². The molecule has 2 N–H and O–H groups in total. The third-order valence-electron chi connectivity index (χ3n) is 2.82. The maximum Gasteiger partial charge on any atom is 0.408 e. The number of aliphatic carboxylic acids is 1. The van der Waals surface area contributed by atoms with Gasteiger partial charge in [-0.15, -0.1) is 22.7 Å². The summed E-state index contributed by atoms with van der Waals surface area (Å²) in [7, 11) is 0. The molecule has 0 spiro atoms. The van der Waals surface area contributed by atoms with Gasteiger partial charge in [-0.2, -0.15) is 0 Å². The molecule has 0 saturated heterocycles. The Morgan fingerprint density at radius 3 is 2.57 bits per heavy atom. The second-order valence-corrected chi connectivity index (χ2v) is 8.10. The van der Waals surface area contributed by atoms with Crippen molar-refractivity contribution in [2.75, 3.05) is 0 Å². The summed E-state index contributed by atoms with van der Waals surface area (Å²) in [6.07, 6.45) is -0.495. The Morgan fingerprint density at radius 2 is 2.00 bits per heavy atom. The minimum Gasteiger partial charge on any atom is -0.480 e. The van der Waals surface area contributed by atoms with E-state index in [2.05, 4.69) is 5.32 Å². The van der Waals surface area contributed by atoms with E-state index in [0.29, 0.717) is 0 Å². The normalized spacial score (nSPS) is 12.7. The molecule has 0 aliphatic heterocycles. The lowest BCUT2D eigenvalue weighted by atomic mass is 10.2. The molecule has 23 heavy (non-hydrogen) atoms. The molecule has 5 nitrogen and oxygen atoms in total. The molecule has 2 heterocycles. The van der Waals surface area contributed by atoms with Crippen LogP contribution in [0.2, 0.25) is 0 Å². The number of hydrogen-bond acceptors (Lipinski definition) is 5. The third-order valence-corrected chi connectivity index (χ3v) is 4.99. The molecule has 0 fully saturated rings. The summed E-state index contributed by atoms with van der Waals surface area (Å²) in [5.41, 5.74) is -0.664. The van der Waals surface area contributed by atoms with E-state index in [-0.39, 0.29) is 6.42 Å². The van der Waals surface area contributed by atoms with Gasteiger partial charge in [0.1, 0.15) is 11.6 Å². The first-order valence-corrected chi connectivity index (χ1v) is 8.79. The predicted molar refractivity (Wildman–Crippen MR) is 92.1 cm³/mol. The number of rotatable bonds is 5. The first-order chi connectivity index (χ1) is 10.7. The van der Waals surface area contributed by atoms with Gasteiger partial charge in [-0.1, -0.05) is 6.07 Å². The second kappa shape index (κ2) is 7.14. The molecule has 0 aliphatic rings. The third kappa shape index (κ3) is 5.37. The molecule has 0 bridgehead atoms. The van der Waals surface area contributed by atoms with Crippen molar-refractivity contribution in [2.24, 2.45) is 0 Å². The fourth-order valence-electron chi connectivity index (χ4n) is 1.89. The SMILES string of the molecule is CC(C)(C)OC(=O)NC(Cc1ccc(-c2cccs2)s1)C(=O)O. The molecule has 7 heteroatoms. The van der Waals surface area contributed by atoms with Gasteiger partial charge in [-0.3, -0.25) is 0 Å². The zero-order chi connectivity index (χ0) is 17.0. The van der Waals surface area contributed by atoms with Crippen LogP contribution in [0.25, 0.3) is 9.75 Å². The monoisotopic (exact) mass is 353 g/mol. The summed E-state index contributed by atoms with van der Waals surface area (Å²) in [5, 5.41) is 13.7. The quantitative estimate of drug-likeness (QED) is 0.852. The lowest BCUT2D eigenvalue weighted by Gasteiger charge is -2.21. The highest BCUT2D eigenvalue weighted by molar-refractivity contribution is 7.21. The molecule has 124 valence electrons. The molecule has 2 rings (SSSR count). The van der Waals surface area contributed by atoms with Crippen LogP contribution in [0, 0.1) is 0 Å². The maximum absolute atomic E-state index is 11.8. The van der Waals surface area contributed by atoms with Gasteiger partial charge in [-0.05, 0) is 44.4 Å². The summed E-state index contributed by atoms with van der Waals surface area (Å²) >= 11 is 3.17. The Kier molecular flexibility index (Phi) is 5.43. The highest BCUT2D eigenvalue weighted by atomic mass is 32.1. The number of hydrogen-bond donors (Lipinski definition) is 2. The van der Waals surface area contributed by atoms with Gasteiger partial charge in [-0.25, -0.2) is 9.59 Å². The zero-order valence-electron chi connectivity index (χ0n) is 13.2. The zero-order valence-corrected chi connectivity index (χ0v) is 14.8. The lowest BCUT2D eigenvalue weighted by molar-refractivity contribution is -0.139. The van der Waals surface area contributed by atoms with Gasteiger partial charge in [0.25, 0.3) is 0 Å². The van der Waals surface area contributed by atoms with Crippen LogP contribution in [-0.2, 0) is 16.0 Å². The minimum atomic E-state index is -1.08. The molecule has 1 atom stereocenters. The van der Waals surface area contributed by atoms with E-state index in [4.69, 9.17) is 4.74 Å². The van der Waals surface area contributed by atoms with E-state index >= 15 is 0 Å². The molecule has 2 aromatic heterocycles. The van der Waals surface area contributed by atoms with Crippen molar-refractivity contribution in [3.8, 4) is 9.75 Å². The number of carboxylic acids is 1. The van der Waals surface area contributed by atoms with Crippen LogP contribution >= 0.6 is 22.7 Å². The van der Waals surface area contributed by atoms with E-state index in [1.54, 1.807) is 32.1 Å². The van der Waals surface area contributed by atoms with Crippen LogP contribution < -0.4 is 5.32 Å². The molecule has 1 amide bonds. The van der Waals surface area contributed by atoms with E-state index < -0.39 is 23.7 Å². The minimum absolute atomic E-state index is 0.227. The first-order valence-electron chi connectivity index (χ1n) is 7.09. The average molecular weight is 353 g/mol. The maximum atomic E-state index is 11.8. The largest absolute Gasteiger partial charge is 0.480 e. The van der Waals surface area contributed by atoms with Crippen molar-refractivity contribution >= 4 is 34.7 Å². The number of ether oxygens (including phenoxy) is 1. The summed E-state index contributed by atoms with van der Waals surface area (Å²) in [6, 6.07) is 6.85. The van der Waals surface area contributed by atoms with E-state index in [0.717, 1.165) is 14.6 Å². The number of carboxylic acid groups (broad SMARTS) is 1. The van der Waals surface area contributed by atoms with Gasteiger partial charge in [0.2, 0.25) is 0 Å². The fourth-order valence-corrected chi connectivity index (χ4v) is 3.78. The number of alkyl carbamates (subject to hydrolysis) is 1. The molecule has 2 aromatic rings. The van der Waals surface area contributed by atoms with Crippen LogP contribution in [0.4, 0.5) is 4.79 Å². The van der Waals surface area contributed by atoms with Crippen LogP contribution in [0.3, 0.4) is 0 Å². The summed E-state index contributed by atoms with van der Waals surface area (Å²) < 4.78 is 5.11. The molecule has 0 aliphatic carbocycles. The van der Waals surface area contributed by atoms with Gasteiger partial charge in [0.05, 0.1) is 0 Å². The number of thiophene rings is 2. The van der Waals surface area contributed by atoms with E-state index in [1.807, 2.05) is 29.6 Å². The second-order valence-electron chi connectivity index (χ2n) is 5.98. The Labute approximate surface area is 142 Å². The van der Waals surface area contributed by atoms with Gasteiger partial charge in [0, 0.05) is 21.1 Å². The first kappa shape index (κ1) is 17.5. The Balaban J connectivity index is 2.02. The van der Waals surface area contributed by atoms with Crippen molar-refractivity contribution in [2.45, 2.75) is 38.8 Å². The molecule has 0 aromatic carbocycles. The summed E-state index contributed by atoms with van der Waals surface area (Å²) in [6.45, 7) is 5.19. The highest BCUT2D eigenvalue weighted by Gasteiger charge is 2.24. The van der Waals surface area contributed by atoms with Gasteiger partial charge in [0.15, 0.2) is 0 Å². The van der Waals surface area contributed by atoms with Crippen LogP contribution in [-0.4, -0.2) is 28.8 Å². The van der Waals surface area contributed by atoms with Crippen molar-refractivity contribution in [1.82, 2.24) is 5.32 Å². The Bertz CT molecular complexity index is 671. The highest BCUT2D eigenvalue weighted by Crippen LogP contribution is 2.32. The average Bonchev–Trinajstić information content (AvgIpc) is 3.05. The number of nitrogens with one attached hydrogen (secondary N) is 1. The van der Waals surface area contributed by atoms with Crippen molar-refractivity contribution < 1.29 is 19.4 Å². The molecular formula is C16H19NO4S2. The molecule has 0 saturated carbocycles. The van der Waals surface area contributed by atoms with Gasteiger partial charge < -0.3 is 15.2 Å². The van der Waals surface area contributed by atoms with Crippen LogP contribution in [0.1, 0.15) is 25.6 Å². The Hall–Kier alpha value is -1.86. The number of carbonyl (C=O) groups excluding carboxylic acids is 1. The predicted octanol–water partition coefficient (Wildman–Crippen LogP) is 4.00. The summed E-state index contributed by atoms with van der Waals surface area (Å²) in [4.78, 5) is 26.3. The van der Waals surface area contributed by atoms with Crippen molar-refractivity contribution in [3.05, 3.63) is 34.5 Å². The van der Waals surface area contributed by atoms with Crippen LogP contribution in [0.15, 0.2) is 29.6 Å².